The summed E-state index contributed by atoms with van der Waals surface area (Å²) in [5.41, 5.74) is 0. The van der Waals surface area contributed by atoms with Crippen LogP contribution in [0.25, 0.3) is 0 Å². The lowest BCUT2D eigenvalue weighted by molar-refractivity contribution is -0.105. The van der Waals surface area contributed by atoms with Crippen LogP contribution >= 0.6 is 23.1 Å². The molecule has 8 heteroatoms. The van der Waals surface area contributed by atoms with Crippen molar-refractivity contribution in [3.05, 3.63) is 0 Å². The van der Waals surface area contributed by atoms with Crippen molar-refractivity contribution >= 4 is 28.2 Å². The van der Waals surface area contributed by atoms with Gasteiger partial charge in [0.15, 0.2) is 4.34 Å². The maximum atomic E-state index is 11.7. The summed E-state index contributed by atoms with van der Waals surface area (Å²) in [4.78, 5) is 0. The lowest BCUT2D eigenvalue weighted by Gasteiger charge is -2.01. The van der Waals surface area contributed by atoms with Gasteiger partial charge in [0, 0.05) is 7.05 Å². The second-order valence-electron chi connectivity index (χ2n) is 2.03. The second-order valence-corrected chi connectivity index (χ2v) is 4.23. The first-order valence-corrected chi connectivity index (χ1v) is 5.02. The van der Waals surface area contributed by atoms with Gasteiger partial charge in [-0.3, -0.25) is 0 Å². The normalized spacial score (nSPS) is 11.7. The topological polar surface area (TPSA) is 37.8 Å². The van der Waals surface area contributed by atoms with E-state index < -0.39 is 11.9 Å². The first-order valence-electron chi connectivity index (χ1n) is 3.22. The number of anilines is 1. The van der Waals surface area contributed by atoms with Crippen LogP contribution in [0, 0.1) is 0 Å². The maximum absolute atomic E-state index is 11.7. The molecule has 1 rings (SSSR count). The van der Waals surface area contributed by atoms with Gasteiger partial charge >= 0.3 is 6.18 Å². The molecule has 0 saturated heterocycles. The second kappa shape index (κ2) is 4.14. The number of hydrogen-bond donors (Lipinski definition) is 1. The predicted molar refractivity (Wildman–Crippen MR) is 46.2 cm³/mol. The molecule has 1 aromatic heterocycles. The monoisotopic (exact) mass is 229 g/mol. The minimum atomic E-state index is -4.16. The van der Waals surface area contributed by atoms with E-state index in [1.807, 2.05) is 0 Å². The van der Waals surface area contributed by atoms with E-state index >= 15 is 0 Å². The molecular formula is C5H6F3N3S2. The third kappa shape index (κ3) is 3.81. The van der Waals surface area contributed by atoms with E-state index in [9.17, 15) is 13.2 Å². The molecule has 1 aromatic rings. The molecule has 0 aliphatic carbocycles. The van der Waals surface area contributed by atoms with Crippen LogP contribution in [0.4, 0.5) is 18.3 Å². The molecule has 0 aromatic carbocycles. The number of halogens is 3. The van der Waals surface area contributed by atoms with Gasteiger partial charge in [0.1, 0.15) is 0 Å². The van der Waals surface area contributed by atoms with E-state index in [-0.39, 0.29) is 0 Å². The van der Waals surface area contributed by atoms with Gasteiger partial charge in [0.2, 0.25) is 5.13 Å². The Bertz CT molecular complexity index is 272. The number of aromatic nitrogens is 2. The molecule has 0 radical (unpaired) electrons. The van der Waals surface area contributed by atoms with E-state index in [1.54, 1.807) is 7.05 Å². The average Bonchev–Trinajstić information content (AvgIpc) is 2.47. The van der Waals surface area contributed by atoms with Crippen molar-refractivity contribution in [2.75, 3.05) is 18.1 Å². The summed E-state index contributed by atoms with van der Waals surface area (Å²) in [5.74, 6) is -0.925. The Balaban J connectivity index is 2.46. The number of nitrogens with zero attached hydrogens (tertiary/aromatic N) is 2. The Hall–Kier alpha value is -0.500. The molecule has 13 heavy (non-hydrogen) atoms. The van der Waals surface area contributed by atoms with Crippen LogP contribution in [0.2, 0.25) is 0 Å². The number of nitrogens with one attached hydrogen (secondary N) is 1. The van der Waals surface area contributed by atoms with E-state index in [4.69, 9.17) is 0 Å². The van der Waals surface area contributed by atoms with Gasteiger partial charge in [-0.1, -0.05) is 23.1 Å². The third-order valence-electron chi connectivity index (χ3n) is 0.980. The van der Waals surface area contributed by atoms with Crippen molar-refractivity contribution in [2.24, 2.45) is 0 Å². The van der Waals surface area contributed by atoms with Crippen molar-refractivity contribution in [2.45, 2.75) is 10.5 Å². The summed E-state index contributed by atoms with van der Waals surface area (Å²) in [7, 11) is 1.64. The SMILES string of the molecule is CNc1nnc(SCC(F)(F)F)s1. The molecule has 0 saturated carbocycles. The fourth-order valence-corrected chi connectivity index (χ4v) is 1.98. The van der Waals surface area contributed by atoms with Crippen LogP contribution in [0.5, 0.6) is 0 Å². The van der Waals surface area contributed by atoms with Crippen LogP contribution in [-0.2, 0) is 0 Å². The van der Waals surface area contributed by atoms with Gasteiger partial charge in [0.25, 0.3) is 0 Å². The number of rotatable bonds is 3. The Kier molecular flexibility index (Phi) is 3.37. The zero-order chi connectivity index (χ0) is 9.90. The van der Waals surface area contributed by atoms with E-state index in [0.29, 0.717) is 21.2 Å². The van der Waals surface area contributed by atoms with Gasteiger partial charge in [-0.15, -0.1) is 10.2 Å². The maximum Gasteiger partial charge on any atom is 0.398 e. The molecular weight excluding hydrogens is 223 g/mol. The molecule has 0 aliphatic rings. The molecule has 0 fully saturated rings. The molecule has 1 heterocycles. The highest BCUT2D eigenvalue weighted by Gasteiger charge is 2.28. The van der Waals surface area contributed by atoms with Gasteiger partial charge in [-0.05, 0) is 0 Å². The minimum Gasteiger partial charge on any atom is -0.363 e. The molecule has 3 nitrogen and oxygen atoms in total. The Labute approximate surface area is 80.7 Å². The van der Waals surface area contributed by atoms with Crippen molar-refractivity contribution in [3.63, 3.8) is 0 Å². The minimum absolute atomic E-state index is 0.321. The molecule has 0 unspecified atom stereocenters. The lowest BCUT2D eigenvalue weighted by atomic mass is 10.8. The van der Waals surface area contributed by atoms with Crippen molar-refractivity contribution in [3.8, 4) is 0 Å². The Morgan fingerprint density at radius 3 is 2.62 bits per heavy atom. The highest BCUT2D eigenvalue weighted by Crippen LogP contribution is 2.30. The first-order chi connectivity index (χ1) is 6.01. The van der Waals surface area contributed by atoms with Crippen molar-refractivity contribution < 1.29 is 13.2 Å². The van der Waals surface area contributed by atoms with E-state index in [1.165, 1.54) is 0 Å². The fraction of sp³-hybridized carbons (Fsp3) is 0.600. The zero-order valence-corrected chi connectivity index (χ0v) is 8.18. The average molecular weight is 229 g/mol. The molecule has 0 bridgehead atoms. The number of alkyl halides is 3. The van der Waals surface area contributed by atoms with Crippen LogP contribution in [-0.4, -0.2) is 29.2 Å². The molecule has 0 atom stereocenters. The quantitative estimate of drug-likeness (QED) is 0.806. The highest BCUT2D eigenvalue weighted by molar-refractivity contribution is 8.01. The summed E-state index contributed by atoms with van der Waals surface area (Å²) >= 11 is 1.75. The molecule has 0 amide bonds. The summed E-state index contributed by atoms with van der Waals surface area (Å²) < 4.78 is 35.6. The van der Waals surface area contributed by atoms with E-state index in [0.717, 1.165) is 11.3 Å². The van der Waals surface area contributed by atoms with Crippen LogP contribution in [0.3, 0.4) is 0 Å². The van der Waals surface area contributed by atoms with Gasteiger partial charge in [-0.25, -0.2) is 0 Å². The molecule has 1 N–H and O–H groups in total. The largest absolute Gasteiger partial charge is 0.398 e. The van der Waals surface area contributed by atoms with Crippen LogP contribution in [0.15, 0.2) is 4.34 Å². The van der Waals surface area contributed by atoms with Crippen molar-refractivity contribution in [1.82, 2.24) is 10.2 Å². The fourth-order valence-electron chi connectivity index (χ4n) is 0.513. The van der Waals surface area contributed by atoms with Gasteiger partial charge in [0.05, 0.1) is 5.75 Å². The van der Waals surface area contributed by atoms with Gasteiger partial charge in [-0.2, -0.15) is 13.2 Å². The molecule has 0 aliphatic heterocycles. The summed E-state index contributed by atoms with van der Waals surface area (Å²) in [6, 6.07) is 0. The van der Waals surface area contributed by atoms with Crippen LogP contribution < -0.4 is 5.32 Å². The van der Waals surface area contributed by atoms with E-state index in [2.05, 4.69) is 15.5 Å². The Morgan fingerprint density at radius 2 is 2.15 bits per heavy atom. The Morgan fingerprint density at radius 1 is 1.46 bits per heavy atom. The zero-order valence-electron chi connectivity index (χ0n) is 6.55. The molecule has 0 spiro atoms. The number of hydrogen-bond acceptors (Lipinski definition) is 5. The van der Waals surface area contributed by atoms with Crippen molar-refractivity contribution in [1.29, 1.82) is 0 Å². The summed E-state index contributed by atoms with van der Waals surface area (Å²) in [6.45, 7) is 0. The predicted octanol–water partition coefficient (Wildman–Crippen LogP) is 2.23. The number of thioether (sulfide) groups is 1. The third-order valence-corrected chi connectivity index (χ3v) is 3.12. The molecule has 74 valence electrons. The first kappa shape index (κ1) is 10.6. The highest BCUT2D eigenvalue weighted by atomic mass is 32.2. The summed E-state index contributed by atoms with van der Waals surface area (Å²) in [5, 5.41) is 10.4. The smallest absolute Gasteiger partial charge is 0.363 e. The standard InChI is InChI=1S/C5H6F3N3S2/c1-9-3-10-11-4(13-3)12-2-5(6,7)8/h2H2,1H3,(H,9,10). The lowest BCUT2D eigenvalue weighted by Crippen LogP contribution is -2.10. The summed E-state index contributed by atoms with van der Waals surface area (Å²) in [6.07, 6.45) is -4.16. The van der Waals surface area contributed by atoms with Crippen LogP contribution in [0.1, 0.15) is 0 Å². The van der Waals surface area contributed by atoms with Gasteiger partial charge < -0.3 is 5.32 Å².